The second kappa shape index (κ2) is 6.66. The number of rotatable bonds is 5. The molecule has 0 saturated carbocycles. The predicted octanol–water partition coefficient (Wildman–Crippen LogP) is -0.633. The van der Waals surface area contributed by atoms with Gasteiger partial charge in [0.25, 0.3) is 0 Å². The number of likely N-dealkylation sites (tertiary alicyclic amines) is 1. The predicted molar refractivity (Wildman–Crippen MR) is 67.1 cm³/mol. The zero-order chi connectivity index (χ0) is 12.1. The molecule has 0 aromatic rings. The standard InChI is InChI=1S/C12H25N3O2/c1-16-10-11(13)8-14-3-2-12(9-14)15-4-6-17-7-5-15/h11-12H,2-10,13H2,1H3. The lowest BCUT2D eigenvalue weighted by molar-refractivity contribution is 0.0182. The van der Waals surface area contributed by atoms with Crippen LogP contribution < -0.4 is 5.73 Å². The summed E-state index contributed by atoms with van der Waals surface area (Å²) in [6.07, 6.45) is 1.26. The van der Waals surface area contributed by atoms with Crippen LogP contribution in [0.3, 0.4) is 0 Å². The number of morpholine rings is 1. The highest BCUT2D eigenvalue weighted by Gasteiger charge is 2.29. The highest BCUT2D eigenvalue weighted by molar-refractivity contribution is 4.85. The Kier molecular flexibility index (Phi) is 5.18. The van der Waals surface area contributed by atoms with Crippen molar-refractivity contribution >= 4 is 0 Å². The van der Waals surface area contributed by atoms with Gasteiger partial charge in [0.05, 0.1) is 19.8 Å². The third-order valence-electron chi connectivity index (χ3n) is 3.68. The lowest BCUT2D eigenvalue weighted by atomic mass is 10.2. The minimum atomic E-state index is 0.142. The van der Waals surface area contributed by atoms with Gasteiger partial charge in [-0.15, -0.1) is 0 Å². The molecule has 2 unspecified atom stereocenters. The Bertz CT molecular complexity index is 222. The van der Waals surface area contributed by atoms with E-state index in [9.17, 15) is 0 Å². The number of nitrogens with zero attached hydrogens (tertiary/aromatic N) is 2. The summed E-state index contributed by atoms with van der Waals surface area (Å²) in [6.45, 7) is 7.87. The van der Waals surface area contributed by atoms with Crippen LogP contribution >= 0.6 is 0 Å². The average molecular weight is 243 g/mol. The second-order valence-electron chi connectivity index (χ2n) is 5.07. The lowest BCUT2D eigenvalue weighted by Gasteiger charge is -2.32. The van der Waals surface area contributed by atoms with Gasteiger partial charge in [-0.2, -0.15) is 0 Å². The van der Waals surface area contributed by atoms with E-state index in [0.717, 1.165) is 39.4 Å². The zero-order valence-corrected chi connectivity index (χ0v) is 10.8. The molecule has 2 atom stereocenters. The smallest absolute Gasteiger partial charge is 0.0626 e. The number of hydrogen-bond donors (Lipinski definition) is 1. The van der Waals surface area contributed by atoms with Crippen molar-refractivity contribution in [3.63, 3.8) is 0 Å². The molecule has 0 radical (unpaired) electrons. The summed E-state index contributed by atoms with van der Waals surface area (Å²) in [6, 6.07) is 0.845. The molecule has 2 aliphatic heterocycles. The van der Waals surface area contributed by atoms with Gasteiger partial charge in [-0.3, -0.25) is 4.90 Å². The van der Waals surface area contributed by atoms with Gasteiger partial charge in [0, 0.05) is 45.4 Å². The molecule has 2 N–H and O–H groups in total. The molecule has 0 bridgehead atoms. The second-order valence-corrected chi connectivity index (χ2v) is 5.07. The SMILES string of the molecule is COCC(N)CN1CCC(N2CCOCC2)C1. The van der Waals surface area contributed by atoms with Crippen LogP contribution in [0, 0.1) is 0 Å². The Hall–Kier alpha value is -0.200. The van der Waals surface area contributed by atoms with Crippen molar-refractivity contribution in [1.82, 2.24) is 9.80 Å². The Labute approximate surface area is 104 Å². The van der Waals surface area contributed by atoms with Gasteiger partial charge in [0.15, 0.2) is 0 Å². The summed E-state index contributed by atoms with van der Waals surface area (Å²) < 4.78 is 10.5. The summed E-state index contributed by atoms with van der Waals surface area (Å²) in [5, 5.41) is 0. The fraction of sp³-hybridized carbons (Fsp3) is 1.00. The first-order chi connectivity index (χ1) is 8.29. The van der Waals surface area contributed by atoms with Gasteiger partial charge in [-0.05, 0) is 13.0 Å². The van der Waals surface area contributed by atoms with Crippen LogP contribution in [0.1, 0.15) is 6.42 Å². The number of ether oxygens (including phenoxy) is 2. The first kappa shape index (κ1) is 13.2. The Morgan fingerprint density at radius 2 is 2.12 bits per heavy atom. The average Bonchev–Trinajstić information content (AvgIpc) is 2.79. The molecule has 2 heterocycles. The molecule has 5 nitrogen and oxygen atoms in total. The van der Waals surface area contributed by atoms with Gasteiger partial charge in [-0.1, -0.05) is 0 Å². The van der Waals surface area contributed by atoms with E-state index in [4.69, 9.17) is 15.2 Å². The van der Waals surface area contributed by atoms with Crippen molar-refractivity contribution in [3.8, 4) is 0 Å². The summed E-state index contributed by atoms with van der Waals surface area (Å²) in [4.78, 5) is 5.02. The van der Waals surface area contributed by atoms with E-state index in [1.807, 2.05) is 0 Å². The van der Waals surface area contributed by atoms with E-state index in [-0.39, 0.29) is 6.04 Å². The Balaban J connectivity index is 1.71. The summed E-state index contributed by atoms with van der Waals surface area (Å²) in [5.41, 5.74) is 5.99. The van der Waals surface area contributed by atoms with Gasteiger partial charge in [0.2, 0.25) is 0 Å². The maximum Gasteiger partial charge on any atom is 0.0626 e. The third-order valence-corrected chi connectivity index (χ3v) is 3.68. The summed E-state index contributed by atoms with van der Waals surface area (Å²) >= 11 is 0. The molecule has 0 spiro atoms. The normalized spacial score (nSPS) is 29.6. The van der Waals surface area contributed by atoms with Crippen molar-refractivity contribution in [1.29, 1.82) is 0 Å². The third kappa shape index (κ3) is 3.89. The first-order valence-electron chi connectivity index (χ1n) is 6.58. The summed E-state index contributed by atoms with van der Waals surface area (Å²) in [7, 11) is 1.71. The number of nitrogens with two attached hydrogens (primary N) is 1. The maximum absolute atomic E-state index is 5.99. The fourth-order valence-electron chi connectivity index (χ4n) is 2.82. The summed E-state index contributed by atoms with van der Waals surface area (Å²) in [5.74, 6) is 0. The van der Waals surface area contributed by atoms with Crippen LogP contribution in [-0.2, 0) is 9.47 Å². The van der Waals surface area contributed by atoms with Gasteiger partial charge in [0.1, 0.15) is 0 Å². The zero-order valence-electron chi connectivity index (χ0n) is 10.8. The van der Waals surface area contributed by atoms with Crippen LogP contribution in [0.5, 0.6) is 0 Å². The van der Waals surface area contributed by atoms with E-state index in [1.54, 1.807) is 7.11 Å². The highest BCUT2D eigenvalue weighted by Crippen LogP contribution is 2.16. The van der Waals surface area contributed by atoms with Crippen molar-refractivity contribution in [2.24, 2.45) is 5.73 Å². The maximum atomic E-state index is 5.99. The van der Waals surface area contributed by atoms with E-state index >= 15 is 0 Å². The molecule has 17 heavy (non-hydrogen) atoms. The molecular formula is C12H25N3O2. The van der Waals surface area contributed by atoms with Crippen LogP contribution in [0.25, 0.3) is 0 Å². The van der Waals surface area contributed by atoms with Crippen molar-refractivity contribution < 1.29 is 9.47 Å². The number of methoxy groups -OCH3 is 1. The fourth-order valence-corrected chi connectivity index (χ4v) is 2.82. The minimum absolute atomic E-state index is 0.142. The first-order valence-corrected chi connectivity index (χ1v) is 6.58. The molecule has 2 fully saturated rings. The molecule has 0 aliphatic carbocycles. The largest absolute Gasteiger partial charge is 0.383 e. The van der Waals surface area contributed by atoms with Crippen LogP contribution in [0.15, 0.2) is 0 Å². The quantitative estimate of drug-likeness (QED) is 0.696. The molecule has 0 aromatic carbocycles. The highest BCUT2D eigenvalue weighted by atomic mass is 16.5. The van der Waals surface area contributed by atoms with Gasteiger partial charge < -0.3 is 20.1 Å². The number of hydrogen-bond acceptors (Lipinski definition) is 5. The monoisotopic (exact) mass is 243 g/mol. The van der Waals surface area contributed by atoms with E-state index < -0.39 is 0 Å². The van der Waals surface area contributed by atoms with Crippen LogP contribution in [0.2, 0.25) is 0 Å². The van der Waals surface area contributed by atoms with Crippen molar-refractivity contribution in [2.75, 3.05) is 59.7 Å². The van der Waals surface area contributed by atoms with Crippen molar-refractivity contribution in [3.05, 3.63) is 0 Å². The molecule has 2 saturated heterocycles. The molecule has 2 aliphatic rings. The Morgan fingerprint density at radius 3 is 2.82 bits per heavy atom. The molecule has 5 heteroatoms. The van der Waals surface area contributed by atoms with Gasteiger partial charge >= 0.3 is 0 Å². The lowest BCUT2D eigenvalue weighted by Crippen LogP contribution is -2.46. The Morgan fingerprint density at radius 1 is 1.35 bits per heavy atom. The van der Waals surface area contributed by atoms with Gasteiger partial charge in [-0.25, -0.2) is 0 Å². The molecule has 0 aromatic heterocycles. The van der Waals surface area contributed by atoms with E-state index in [2.05, 4.69) is 9.80 Å². The minimum Gasteiger partial charge on any atom is -0.383 e. The van der Waals surface area contributed by atoms with Crippen molar-refractivity contribution in [2.45, 2.75) is 18.5 Å². The molecule has 0 amide bonds. The molecule has 100 valence electrons. The molecule has 2 rings (SSSR count). The van der Waals surface area contributed by atoms with E-state index in [1.165, 1.54) is 13.0 Å². The topological polar surface area (TPSA) is 51.0 Å². The van der Waals surface area contributed by atoms with Crippen LogP contribution in [0.4, 0.5) is 0 Å². The van der Waals surface area contributed by atoms with E-state index in [0.29, 0.717) is 12.6 Å². The van der Waals surface area contributed by atoms with Crippen LogP contribution in [-0.4, -0.2) is 81.5 Å². The molecular weight excluding hydrogens is 218 g/mol.